The number of amides is 2. The molecule has 1 heterocycles. The third-order valence-corrected chi connectivity index (χ3v) is 4.93. The van der Waals surface area contributed by atoms with Gasteiger partial charge in [-0.15, -0.1) is 0 Å². The fourth-order valence-electron chi connectivity index (χ4n) is 3.01. The number of methoxy groups -OCH3 is 2. The Balaban J connectivity index is 1.72. The lowest BCUT2D eigenvalue weighted by molar-refractivity contribution is -0.116. The molecule has 3 aromatic rings. The molecular formula is C23H24ClN3O5. The second kappa shape index (κ2) is 10.2. The quantitative estimate of drug-likeness (QED) is 0.542. The molecule has 0 aliphatic rings. The summed E-state index contributed by atoms with van der Waals surface area (Å²) in [5.41, 5.74) is 1.47. The lowest BCUT2D eigenvalue weighted by atomic mass is 10.1. The van der Waals surface area contributed by atoms with E-state index in [1.807, 2.05) is 12.1 Å². The number of hydrogen-bond acceptors (Lipinski definition) is 6. The van der Waals surface area contributed by atoms with Gasteiger partial charge in [-0.05, 0) is 30.3 Å². The van der Waals surface area contributed by atoms with Gasteiger partial charge in [0.1, 0.15) is 0 Å². The highest BCUT2D eigenvalue weighted by Crippen LogP contribution is 2.34. The van der Waals surface area contributed by atoms with Crippen molar-refractivity contribution in [3.05, 3.63) is 59.1 Å². The zero-order valence-electron chi connectivity index (χ0n) is 18.3. The Morgan fingerprint density at radius 3 is 2.38 bits per heavy atom. The maximum atomic E-state index is 12.6. The van der Waals surface area contributed by atoms with E-state index in [2.05, 4.69) is 10.3 Å². The van der Waals surface area contributed by atoms with E-state index >= 15 is 0 Å². The number of carbonyl (C=O) groups excluding carboxylic acids is 2. The molecule has 168 valence electrons. The summed E-state index contributed by atoms with van der Waals surface area (Å²) in [7, 11) is 6.23. The second-order valence-corrected chi connectivity index (χ2v) is 7.56. The van der Waals surface area contributed by atoms with Gasteiger partial charge >= 0.3 is 0 Å². The molecule has 0 spiro atoms. The van der Waals surface area contributed by atoms with Crippen LogP contribution in [0.2, 0.25) is 5.02 Å². The van der Waals surface area contributed by atoms with Crippen LogP contribution in [0.15, 0.2) is 47.0 Å². The van der Waals surface area contributed by atoms with Gasteiger partial charge in [0, 0.05) is 43.6 Å². The van der Waals surface area contributed by atoms with Crippen molar-refractivity contribution in [2.45, 2.75) is 12.8 Å². The molecule has 0 fully saturated rings. The van der Waals surface area contributed by atoms with Crippen LogP contribution in [0, 0.1) is 0 Å². The summed E-state index contributed by atoms with van der Waals surface area (Å²) in [5.74, 6) is 1.25. The maximum absolute atomic E-state index is 12.6. The van der Waals surface area contributed by atoms with E-state index in [4.69, 9.17) is 25.5 Å². The van der Waals surface area contributed by atoms with Gasteiger partial charge in [0.2, 0.25) is 5.91 Å². The van der Waals surface area contributed by atoms with Gasteiger partial charge in [0.15, 0.2) is 23.1 Å². The van der Waals surface area contributed by atoms with Crippen LogP contribution < -0.4 is 14.8 Å². The van der Waals surface area contributed by atoms with Crippen molar-refractivity contribution in [2.75, 3.05) is 33.6 Å². The Kier molecular flexibility index (Phi) is 7.37. The first-order chi connectivity index (χ1) is 15.3. The number of nitrogens with zero attached hydrogens (tertiary/aromatic N) is 2. The normalized spacial score (nSPS) is 10.5. The van der Waals surface area contributed by atoms with Gasteiger partial charge in [0.05, 0.1) is 31.7 Å². The minimum absolute atomic E-state index is 0.116. The van der Waals surface area contributed by atoms with E-state index in [-0.39, 0.29) is 18.2 Å². The summed E-state index contributed by atoms with van der Waals surface area (Å²) in [4.78, 5) is 30.9. The zero-order valence-corrected chi connectivity index (χ0v) is 19.0. The van der Waals surface area contributed by atoms with Gasteiger partial charge in [-0.3, -0.25) is 9.59 Å². The Bertz CT molecular complexity index is 1110. The van der Waals surface area contributed by atoms with E-state index in [0.717, 1.165) is 5.56 Å². The van der Waals surface area contributed by atoms with E-state index in [1.165, 1.54) is 19.1 Å². The second-order valence-electron chi connectivity index (χ2n) is 7.13. The van der Waals surface area contributed by atoms with E-state index < -0.39 is 0 Å². The van der Waals surface area contributed by atoms with E-state index in [9.17, 15) is 9.59 Å². The predicted molar refractivity (Wildman–Crippen MR) is 121 cm³/mol. The van der Waals surface area contributed by atoms with Crippen molar-refractivity contribution in [3.8, 4) is 22.8 Å². The number of rotatable bonds is 8. The summed E-state index contributed by atoms with van der Waals surface area (Å²) in [5, 5.41) is 3.41. The lowest BCUT2D eigenvalue weighted by Crippen LogP contribution is -2.24. The number of aromatic nitrogens is 1. The van der Waals surface area contributed by atoms with Crippen LogP contribution in [-0.2, 0) is 11.2 Å². The maximum Gasteiger partial charge on any atom is 0.255 e. The van der Waals surface area contributed by atoms with Gasteiger partial charge in [0.25, 0.3) is 5.91 Å². The molecule has 0 aliphatic heterocycles. The predicted octanol–water partition coefficient (Wildman–Crippen LogP) is 4.29. The number of aryl methyl sites for hydroxylation is 1. The van der Waals surface area contributed by atoms with Gasteiger partial charge < -0.3 is 24.1 Å². The summed E-state index contributed by atoms with van der Waals surface area (Å²) < 4.78 is 16.3. The lowest BCUT2D eigenvalue weighted by Gasteiger charge is -2.17. The molecular weight excluding hydrogens is 434 g/mol. The molecule has 1 aromatic heterocycles. The van der Waals surface area contributed by atoms with Crippen molar-refractivity contribution >= 4 is 29.1 Å². The highest BCUT2D eigenvalue weighted by atomic mass is 35.5. The Hall–Kier alpha value is -3.52. The first-order valence-corrected chi connectivity index (χ1v) is 10.2. The Morgan fingerprint density at radius 1 is 1.09 bits per heavy atom. The van der Waals surface area contributed by atoms with Crippen molar-refractivity contribution in [1.29, 1.82) is 0 Å². The molecule has 0 atom stereocenters. The molecule has 8 nitrogen and oxygen atoms in total. The van der Waals surface area contributed by atoms with Crippen LogP contribution in [0.25, 0.3) is 11.3 Å². The summed E-state index contributed by atoms with van der Waals surface area (Å²) in [6.07, 6.45) is 2.02. The van der Waals surface area contributed by atoms with Crippen molar-refractivity contribution in [1.82, 2.24) is 9.88 Å². The smallest absolute Gasteiger partial charge is 0.255 e. The Morgan fingerprint density at radius 2 is 1.75 bits per heavy atom. The number of nitrogens with one attached hydrogen (secondary N) is 1. The van der Waals surface area contributed by atoms with Gasteiger partial charge in [-0.25, -0.2) is 4.98 Å². The molecule has 0 saturated carbocycles. The first-order valence-electron chi connectivity index (χ1n) is 9.80. The number of carbonyl (C=O) groups is 2. The first kappa shape index (κ1) is 23.1. The number of oxazole rings is 1. The molecule has 2 amide bonds. The summed E-state index contributed by atoms with van der Waals surface area (Å²) >= 11 is 5.91. The summed E-state index contributed by atoms with van der Waals surface area (Å²) in [6.45, 7) is 0. The van der Waals surface area contributed by atoms with Crippen molar-refractivity contribution < 1.29 is 23.5 Å². The molecule has 2 aromatic carbocycles. The standard InChI is InChI=1S/C23H24ClN3O5/c1-27(2)23(29)16-11-18(30-3)19(31-4)12-17(16)26-21(28)9-10-22-25-13-20(32-22)14-5-7-15(24)8-6-14/h5-8,11-13H,9-10H2,1-4H3,(H,26,28). The molecule has 9 heteroatoms. The topological polar surface area (TPSA) is 93.9 Å². The number of halogens is 1. The number of benzene rings is 2. The highest BCUT2D eigenvalue weighted by molar-refractivity contribution is 6.30. The molecule has 0 saturated heterocycles. The molecule has 0 radical (unpaired) electrons. The summed E-state index contributed by atoms with van der Waals surface area (Å²) in [6, 6.07) is 10.3. The third kappa shape index (κ3) is 5.39. The highest BCUT2D eigenvalue weighted by Gasteiger charge is 2.20. The SMILES string of the molecule is COc1cc(NC(=O)CCc2ncc(-c3ccc(Cl)cc3)o2)c(C(=O)N(C)C)cc1OC. The monoisotopic (exact) mass is 457 g/mol. The zero-order chi connectivity index (χ0) is 23.3. The third-order valence-electron chi connectivity index (χ3n) is 4.68. The largest absolute Gasteiger partial charge is 0.493 e. The number of ether oxygens (including phenoxy) is 2. The molecule has 3 rings (SSSR count). The fraction of sp³-hybridized carbons (Fsp3) is 0.261. The number of hydrogen-bond donors (Lipinski definition) is 1. The van der Waals surface area contributed by atoms with E-state index in [1.54, 1.807) is 44.6 Å². The van der Waals surface area contributed by atoms with Gasteiger partial charge in [-0.2, -0.15) is 0 Å². The number of anilines is 1. The minimum atomic E-state index is -0.295. The average Bonchev–Trinajstić information content (AvgIpc) is 3.26. The fourth-order valence-corrected chi connectivity index (χ4v) is 3.13. The van der Waals surface area contributed by atoms with Crippen molar-refractivity contribution in [2.24, 2.45) is 0 Å². The van der Waals surface area contributed by atoms with Crippen LogP contribution in [0.4, 0.5) is 5.69 Å². The van der Waals surface area contributed by atoms with Gasteiger partial charge in [-0.1, -0.05) is 11.6 Å². The molecule has 0 unspecified atom stereocenters. The molecule has 1 N–H and O–H groups in total. The Labute approximate surface area is 191 Å². The minimum Gasteiger partial charge on any atom is -0.493 e. The van der Waals surface area contributed by atoms with Crippen molar-refractivity contribution in [3.63, 3.8) is 0 Å². The molecule has 32 heavy (non-hydrogen) atoms. The van der Waals surface area contributed by atoms with Crippen LogP contribution in [-0.4, -0.2) is 50.0 Å². The van der Waals surface area contributed by atoms with Crippen LogP contribution in [0.1, 0.15) is 22.7 Å². The van der Waals surface area contributed by atoms with Crippen LogP contribution in [0.5, 0.6) is 11.5 Å². The molecule has 0 bridgehead atoms. The van der Waals surface area contributed by atoms with E-state index in [0.29, 0.717) is 45.8 Å². The molecule has 0 aliphatic carbocycles. The average molecular weight is 458 g/mol. The van der Waals surface area contributed by atoms with Crippen LogP contribution in [0.3, 0.4) is 0 Å². The van der Waals surface area contributed by atoms with Crippen LogP contribution >= 0.6 is 11.6 Å².